The number of amides is 1. The molecule has 4 heteroatoms. The van der Waals surface area contributed by atoms with Crippen molar-refractivity contribution in [2.24, 2.45) is 0 Å². The number of morpholine rings is 1. The van der Waals surface area contributed by atoms with Crippen molar-refractivity contribution in [2.75, 3.05) is 19.6 Å². The summed E-state index contributed by atoms with van der Waals surface area (Å²) >= 11 is 0. The number of carbonyl (C=O) groups is 1. The van der Waals surface area contributed by atoms with Crippen LogP contribution in [0.3, 0.4) is 0 Å². The Morgan fingerprint density at radius 3 is 2.60 bits per heavy atom. The van der Waals surface area contributed by atoms with Crippen LogP contribution in [0.15, 0.2) is 24.3 Å². The average molecular weight is 276 g/mol. The van der Waals surface area contributed by atoms with Crippen molar-refractivity contribution in [1.29, 1.82) is 0 Å². The van der Waals surface area contributed by atoms with Gasteiger partial charge in [0.25, 0.3) is 0 Å². The van der Waals surface area contributed by atoms with E-state index in [2.05, 4.69) is 29.3 Å². The summed E-state index contributed by atoms with van der Waals surface area (Å²) in [6.07, 6.45) is 0.394. The number of benzene rings is 1. The highest BCUT2D eigenvalue weighted by Gasteiger charge is 2.23. The standard InChI is InChI=1S/C16H24N2O2/c1-12-6-4-5-7-15(12)8-17-16(19)11-18-9-13(2)20-14(3)10-18/h4-7,13-14H,8-11H2,1-3H3,(H,17,19)/t13-,14-/m1/s1. The summed E-state index contributed by atoms with van der Waals surface area (Å²) in [6.45, 7) is 8.85. The third-order valence-electron chi connectivity index (χ3n) is 3.60. The molecular formula is C16H24N2O2. The number of carbonyl (C=O) groups excluding carboxylic acids is 1. The van der Waals surface area contributed by atoms with Crippen LogP contribution in [0.2, 0.25) is 0 Å². The van der Waals surface area contributed by atoms with Crippen LogP contribution in [-0.4, -0.2) is 42.6 Å². The first kappa shape index (κ1) is 15.0. The second-order valence-electron chi connectivity index (χ2n) is 5.65. The molecule has 2 rings (SSSR count). The summed E-state index contributed by atoms with van der Waals surface area (Å²) in [5.41, 5.74) is 2.38. The Kier molecular flexibility index (Phi) is 5.15. The fourth-order valence-corrected chi connectivity index (χ4v) is 2.67. The largest absolute Gasteiger partial charge is 0.373 e. The SMILES string of the molecule is Cc1ccccc1CNC(=O)CN1C[C@@H](C)O[C@H](C)C1. The quantitative estimate of drug-likeness (QED) is 0.910. The summed E-state index contributed by atoms with van der Waals surface area (Å²) in [4.78, 5) is 14.2. The molecule has 1 fully saturated rings. The number of ether oxygens (including phenoxy) is 1. The van der Waals surface area contributed by atoms with Gasteiger partial charge in [-0.05, 0) is 31.9 Å². The van der Waals surface area contributed by atoms with E-state index in [1.54, 1.807) is 0 Å². The Balaban J connectivity index is 1.79. The summed E-state index contributed by atoms with van der Waals surface area (Å²) in [5, 5.41) is 3.00. The average Bonchev–Trinajstić information content (AvgIpc) is 2.36. The van der Waals surface area contributed by atoms with Crippen molar-refractivity contribution in [2.45, 2.75) is 39.5 Å². The van der Waals surface area contributed by atoms with Gasteiger partial charge < -0.3 is 10.1 Å². The van der Waals surface area contributed by atoms with Crippen LogP contribution in [0.1, 0.15) is 25.0 Å². The van der Waals surface area contributed by atoms with Gasteiger partial charge in [-0.1, -0.05) is 24.3 Å². The number of hydrogen-bond donors (Lipinski definition) is 1. The van der Waals surface area contributed by atoms with Crippen LogP contribution in [0, 0.1) is 6.92 Å². The van der Waals surface area contributed by atoms with Gasteiger partial charge in [0.15, 0.2) is 0 Å². The molecule has 0 saturated carbocycles. The number of nitrogens with zero attached hydrogens (tertiary/aromatic N) is 1. The molecule has 1 aliphatic rings. The molecule has 2 atom stereocenters. The number of rotatable bonds is 4. The summed E-state index contributed by atoms with van der Waals surface area (Å²) in [7, 11) is 0. The van der Waals surface area contributed by atoms with E-state index >= 15 is 0 Å². The first-order valence-corrected chi connectivity index (χ1v) is 7.23. The van der Waals surface area contributed by atoms with Gasteiger partial charge in [0.05, 0.1) is 18.8 Å². The van der Waals surface area contributed by atoms with Gasteiger partial charge in [-0.3, -0.25) is 9.69 Å². The first-order chi connectivity index (χ1) is 9.54. The third kappa shape index (κ3) is 4.32. The lowest BCUT2D eigenvalue weighted by Gasteiger charge is -2.34. The normalized spacial score (nSPS) is 23.6. The molecule has 4 nitrogen and oxygen atoms in total. The van der Waals surface area contributed by atoms with E-state index in [-0.39, 0.29) is 18.1 Å². The molecule has 0 bridgehead atoms. The van der Waals surface area contributed by atoms with Crippen molar-refractivity contribution < 1.29 is 9.53 Å². The molecule has 1 aromatic rings. The smallest absolute Gasteiger partial charge is 0.234 e. The second-order valence-corrected chi connectivity index (χ2v) is 5.65. The topological polar surface area (TPSA) is 41.6 Å². The Morgan fingerprint density at radius 1 is 1.30 bits per heavy atom. The first-order valence-electron chi connectivity index (χ1n) is 7.23. The highest BCUT2D eigenvalue weighted by molar-refractivity contribution is 5.78. The molecule has 1 N–H and O–H groups in total. The lowest BCUT2D eigenvalue weighted by Crippen LogP contribution is -2.49. The maximum atomic E-state index is 12.0. The number of hydrogen-bond acceptors (Lipinski definition) is 3. The molecule has 0 aromatic heterocycles. The summed E-state index contributed by atoms with van der Waals surface area (Å²) < 4.78 is 5.67. The van der Waals surface area contributed by atoms with Crippen LogP contribution >= 0.6 is 0 Å². The van der Waals surface area contributed by atoms with Gasteiger partial charge in [-0.25, -0.2) is 0 Å². The molecule has 1 saturated heterocycles. The third-order valence-corrected chi connectivity index (χ3v) is 3.60. The van der Waals surface area contributed by atoms with Crippen LogP contribution in [0.25, 0.3) is 0 Å². The minimum atomic E-state index is 0.0783. The maximum Gasteiger partial charge on any atom is 0.234 e. The summed E-state index contributed by atoms with van der Waals surface area (Å²) in [5.74, 6) is 0.0783. The lowest BCUT2D eigenvalue weighted by molar-refractivity contribution is -0.126. The molecular weight excluding hydrogens is 252 g/mol. The fraction of sp³-hybridized carbons (Fsp3) is 0.562. The van der Waals surface area contributed by atoms with E-state index in [0.29, 0.717) is 13.1 Å². The zero-order chi connectivity index (χ0) is 14.5. The van der Waals surface area contributed by atoms with Gasteiger partial charge in [0.2, 0.25) is 5.91 Å². The van der Waals surface area contributed by atoms with Gasteiger partial charge in [0, 0.05) is 19.6 Å². The van der Waals surface area contributed by atoms with Crippen molar-refractivity contribution >= 4 is 5.91 Å². The molecule has 0 aliphatic carbocycles. The highest BCUT2D eigenvalue weighted by Crippen LogP contribution is 2.10. The molecule has 0 spiro atoms. The van der Waals surface area contributed by atoms with Crippen molar-refractivity contribution in [3.05, 3.63) is 35.4 Å². The van der Waals surface area contributed by atoms with E-state index < -0.39 is 0 Å². The molecule has 110 valence electrons. The van der Waals surface area contributed by atoms with E-state index in [9.17, 15) is 4.79 Å². The van der Waals surface area contributed by atoms with Crippen molar-refractivity contribution in [3.63, 3.8) is 0 Å². The van der Waals surface area contributed by atoms with Crippen molar-refractivity contribution in [3.8, 4) is 0 Å². The molecule has 1 heterocycles. The minimum Gasteiger partial charge on any atom is -0.373 e. The maximum absolute atomic E-state index is 12.0. The van der Waals surface area contributed by atoms with Gasteiger partial charge in [0.1, 0.15) is 0 Å². The zero-order valence-electron chi connectivity index (χ0n) is 12.6. The fourth-order valence-electron chi connectivity index (χ4n) is 2.67. The Labute approximate surface area is 121 Å². The number of aryl methyl sites for hydroxylation is 1. The molecule has 1 aliphatic heterocycles. The Bertz CT molecular complexity index is 452. The second kappa shape index (κ2) is 6.86. The number of nitrogens with one attached hydrogen (secondary N) is 1. The zero-order valence-corrected chi connectivity index (χ0v) is 12.6. The predicted octanol–water partition coefficient (Wildman–Crippen LogP) is 1.72. The van der Waals surface area contributed by atoms with Crippen LogP contribution in [0.5, 0.6) is 0 Å². The molecule has 0 radical (unpaired) electrons. The van der Waals surface area contributed by atoms with E-state index in [4.69, 9.17) is 4.74 Å². The monoisotopic (exact) mass is 276 g/mol. The van der Waals surface area contributed by atoms with Crippen LogP contribution < -0.4 is 5.32 Å². The Hall–Kier alpha value is -1.39. The molecule has 1 amide bonds. The van der Waals surface area contributed by atoms with Gasteiger partial charge in [-0.15, -0.1) is 0 Å². The predicted molar refractivity (Wildman–Crippen MR) is 79.5 cm³/mol. The van der Waals surface area contributed by atoms with E-state index in [1.807, 2.05) is 26.0 Å². The summed E-state index contributed by atoms with van der Waals surface area (Å²) in [6, 6.07) is 8.12. The lowest BCUT2D eigenvalue weighted by atomic mass is 10.1. The minimum absolute atomic E-state index is 0.0783. The highest BCUT2D eigenvalue weighted by atomic mass is 16.5. The van der Waals surface area contributed by atoms with Gasteiger partial charge >= 0.3 is 0 Å². The van der Waals surface area contributed by atoms with Crippen LogP contribution in [-0.2, 0) is 16.1 Å². The molecule has 20 heavy (non-hydrogen) atoms. The van der Waals surface area contributed by atoms with Crippen molar-refractivity contribution in [1.82, 2.24) is 10.2 Å². The van der Waals surface area contributed by atoms with E-state index in [0.717, 1.165) is 13.1 Å². The van der Waals surface area contributed by atoms with Gasteiger partial charge in [-0.2, -0.15) is 0 Å². The van der Waals surface area contributed by atoms with E-state index in [1.165, 1.54) is 11.1 Å². The Morgan fingerprint density at radius 2 is 1.95 bits per heavy atom. The molecule has 1 aromatic carbocycles. The molecule has 0 unspecified atom stereocenters. The van der Waals surface area contributed by atoms with Crippen LogP contribution in [0.4, 0.5) is 0 Å².